The summed E-state index contributed by atoms with van der Waals surface area (Å²) < 4.78 is 7.40. The molecule has 0 radical (unpaired) electrons. The first-order valence-electron chi connectivity index (χ1n) is 10.1. The lowest BCUT2D eigenvalue weighted by Gasteiger charge is -2.40. The van der Waals surface area contributed by atoms with E-state index in [0.29, 0.717) is 24.0 Å². The summed E-state index contributed by atoms with van der Waals surface area (Å²) in [4.78, 5) is 25.8. The molecule has 1 saturated heterocycles. The Labute approximate surface area is 177 Å². The molecule has 10 heteroatoms. The minimum Gasteiger partial charge on any atom is -0.379 e. The van der Waals surface area contributed by atoms with Crippen LogP contribution in [0.3, 0.4) is 0 Å². The Morgan fingerprint density at radius 1 is 1.28 bits per heavy atom. The number of thioether (sulfide) groups is 1. The Hall–Kier alpha value is -1.65. The number of rotatable bonds is 11. The van der Waals surface area contributed by atoms with E-state index >= 15 is 0 Å². The number of aromatic nitrogens is 3. The van der Waals surface area contributed by atoms with Crippen molar-refractivity contribution >= 4 is 23.6 Å². The predicted molar refractivity (Wildman–Crippen MR) is 113 cm³/mol. The van der Waals surface area contributed by atoms with Crippen molar-refractivity contribution in [2.45, 2.75) is 57.8 Å². The Morgan fingerprint density at radius 3 is 2.59 bits per heavy atom. The number of carbonyl (C=O) groups excluding carboxylic acids is 2. The standard InChI is InChI=1S/C19H34N6O3S/c1-14(2)11-25-16(6-5-15(20)26)22-23-18(25)29-12-17(27)21-13-19(3,4)24-7-9-28-10-8-24/h14H,5-13H2,1-4H3,(H2,20,26)(H,21,27). The molecule has 1 aliphatic heterocycles. The van der Waals surface area contributed by atoms with Gasteiger partial charge >= 0.3 is 0 Å². The average Bonchev–Trinajstić information content (AvgIpc) is 3.04. The van der Waals surface area contributed by atoms with Crippen molar-refractivity contribution in [1.29, 1.82) is 0 Å². The van der Waals surface area contributed by atoms with E-state index in [-0.39, 0.29) is 29.5 Å². The second-order valence-electron chi connectivity index (χ2n) is 8.35. The highest BCUT2D eigenvalue weighted by Crippen LogP contribution is 2.20. The van der Waals surface area contributed by atoms with Gasteiger partial charge < -0.3 is 20.4 Å². The smallest absolute Gasteiger partial charge is 0.230 e. The van der Waals surface area contributed by atoms with Crippen molar-refractivity contribution < 1.29 is 14.3 Å². The molecule has 3 N–H and O–H groups in total. The van der Waals surface area contributed by atoms with Gasteiger partial charge in [0.15, 0.2) is 5.16 Å². The molecule has 0 atom stereocenters. The van der Waals surface area contributed by atoms with Crippen LogP contribution in [0.2, 0.25) is 0 Å². The third kappa shape index (κ3) is 7.60. The van der Waals surface area contributed by atoms with Crippen LogP contribution >= 0.6 is 11.8 Å². The summed E-state index contributed by atoms with van der Waals surface area (Å²) in [5.41, 5.74) is 5.13. The van der Waals surface area contributed by atoms with Crippen LogP contribution in [-0.2, 0) is 27.3 Å². The summed E-state index contributed by atoms with van der Waals surface area (Å²) in [6.45, 7) is 13.0. The summed E-state index contributed by atoms with van der Waals surface area (Å²) in [5, 5.41) is 12.2. The van der Waals surface area contributed by atoms with Crippen LogP contribution in [0.25, 0.3) is 0 Å². The topological polar surface area (TPSA) is 115 Å². The van der Waals surface area contributed by atoms with Crippen LogP contribution in [-0.4, -0.2) is 75.6 Å². The lowest BCUT2D eigenvalue weighted by molar-refractivity contribution is -0.119. The molecular formula is C19H34N6O3S. The molecule has 2 rings (SSSR count). The summed E-state index contributed by atoms with van der Waals surface area (Å²) in [7, 11) is 0. The van der Waals surface area contributed by atoms with Crippen molar-refractivity contribution in [3.8, 4) is 0 Å². The number of primary amides is 1. The summed E-state index contributed by atoms with van der Waals surface area (Å²) in [6.07, 6.45) is 0.688. The number of nitrogens with zero attached hydrogens (tertiary/aromatic N) is 4. The minimum atomic E-state index is -0.361. The minimum absolute atomic E-state index is 0.0332. The first kappa shape index (κ1) is 23.6. The molecule has 1 fully saturated rings. The molecule has 9 nitrogen and oxygen atoms in total. The van der Waals surface area contributed by atoms with Gasteiger partial charge in [0.1, 0.15) is 5.82 Å². The van der Waals surface area contributed by atoms with Gasteiger partial charge in [-0.15, -0.1) is 10.2 Å². The van der Waals surface area contributed by atoms with Crippen LogP contribution < -0.4 is 11.1 Å². The monoisotopic (exact) mass is 426 g/mol. The molecule has 1 aromatic heterocycles. The van der Waals surface area contributed by atoms with Gasteiger partial charge in [-0.25, -0.2) is 0 Å². The van der Waals surface area contributed by atoms with Crippen LogP contribution in [0.15, 0.2) is 5.16 Å². The molecule has 2 amide bonds. The molecule has 0 bridgehead atoms. The van der Waals surface area contributed by atoms with E-state index in [2.05, 4.69) is 48.1 Å². The van der Waals surface area contributed by atoms with Gasteiger partial charge in [-0.1, -0.05) is 25.6 Å². The largest absolute Gasteiger partial charge is 0.379 e. The van der Waals surface area contributed by atoms with Gasteiger partial charge in [-0.3, -0.25) is 14.5 Å². The van der Waals surface area contributed by atoms with Gasteiger partial charge in [-0.05, 0) is 19.8 Å². The Morgan fingerprint density at radius 2 is 1.97 bits per heavy atom. The van der Waals surface area contributed by atoms with Crippen molar-refractivity contribution in [1.82, 2.24) is 25.0 Å². The predicted octanol–water partition coefficient (Wildman–Crippen LogP) is 0.671. The van der Waals surface area contributed by atoms with E-state index in [4.69, 9.17) is 10.5 Å². The third-order valence-electron chi connectivity index (χ3n) is 4.85. The first-order chi connectivity index (χ1) is 13.7. The van der Waals surface area contributed by atoms with E-state index in [1.54, 1.807) is 0 Å². The first-order valence-corrected chi connectivity index (χ1v) is 11.1. The zero-order valence-electron chi connectivity index (χ0n) is 17.9. The van der Waals surface area contributed by atoms with Crippen molar-refractivity contribution in [2.24, 2.45) is 11.7 Å². The number of ether oxygens (including phenoxy) is 1. The molecule has 2 heterocycles. The lowest BCUT2D eigenvalue weighted by Crippen LogP contribution is -2.55. The number of nitrogens with two attached hydrogens (primary N) is 1. The van der Waals surface area contributed by atoms with E-state index in [9.17, 15) is 9.59 Å². The molecular weight excluding hydrogens is 392 g/mol. The average molecular weight is 427 g/mol. The van der Waals surface area contributed by atoms with Crippen LogP contribution in [0.1, 0.15) is 39.9 Å². The Balaban J connectivity index is 1.89. The van der Waals surface area contributed by atoms with Crippen LogP contribution in [0, 0.1) is 5.92 Å². The molecule has 1 aliphatic rings. The Bertz CT molecular complexity index is 685. The molecule has 0 unspecified atom stereocenters. The second kappa shape index (κ2) is 10.9. The maximum Gasteiger partial charge on any atom is 0.230 e. The molecule has 0 aromatic carbocycles. The fourth-order valence-corrected chi connectivity index (χ4v) is 3.97. The maximum atomic E-state index is 12.4. The van der Waals surface area contributed by atoms with Gasteiger partial charge in [0.05, 0.1) is 19.0 Å². The molecule has 0 aliphatic carbocycles. The maximum absolute atomic E-state index is 12.4. The molecule has 1 aromatic rings. The Kier molecular flexibility index (Phi) is 8.91. The van der Waals surface area contributed by atoms with Crippen molar-refractivity contribution in [3.63, 3.8) is 0 Å². The number of hydrogen-bond donors (Lipinski definition) is 2. The molecule has 0 spiro atoms. The highest BCUT2D eigenvalue weighted by molar-refractivity contribution is 7.99. The quantitative estimate of drug-likeness (QED) is 0.500. The fourth-order valence-electron chi connectivity index (χ4n) is 3.17. The van der Waals surface area contributed by atoms with Gasteiger partial charge in [0, 0.05) is 44.6 Å². The van der Waals surface area contributed by atoms with Crippen molar-refractivity contribution in [2.75, 3.05) is 38.6 Å². The summed E-state index contributed by atoms with van der Waals surface area (Å²) in [6, 6.07) is 0. The fraction of sp³-hybridized carbons (Fsp3) is 0.789. The normalized spacial score (nSPS) is 15.6. The number of aryl methyl sites for hydroxylation is 1. The lowest BCUT2D eigenvalue weighted by atomic mass is 10.0. The van der Waals surface area contributed by atoms with E-state index in [1.165, 1.54) is 11.8 Å². The van der Waals surface area contributed by atoms with Gasteiger partial charge in [0.25, 0.3) is 0 Å². The highest BCUT2D eigenvalue weighted by Gasteiger charge is 2.28. The van der Waals surface area contributed by atoms with E-state index < -0.39 is 0 Å². The second-order valence-corrected chi connectivity index (χ2v) is 9.29. The van der Waals surface area contributed by atoms with Crippen LogP contribution in [0.5, 0.6) is 0 Å². The number of morpholine rings is 1. The van der Waals surface area contributed by atoms with Crippen molar-refractivity contribution in [3.05, 3.63) is 5.82 Å². The molecule has 0 saturated carbocycles. The molecule has 164 valence electrons. The number of amides is 2. The van der Waals surface area contributed by atoms with E-state index in [0.717, 1.165) is 38.7 Å². The van der Waals surface area contributed by atoms with Gasteiger partial charge in [0.2, 0.25) is 11.8 Å². The SMILES string of the molecule is CC(C)Cn1c(CCC(N)=O)nnc1SCC(=O)NCC(C)(C)N1CCOCC1. The highest BCUT2D eigenvalue weighted by atomic mass is 32.2. The van der Waals surface area contributed by atoms with Crippen LogP contribution in [0.4, 0.5) is 0 Å². The van der Waals surface area contributed by atoms with Gasteiger partial charge in [-0.2, -0.15) is 0 Å². The number of carbonyl (C=O) groups is 2. The summed E-state index contributed by atoms with van der Waals surface area (Å²) in [5.74, 6) is 0.995. The number of nitrogens with one attached hydrogen (secondary N) is 1. The zero-order chi connectivity index (χ0) is 21.4. The summed E-state index contributed by atoms with van der Waals surface area (Å²) >= 11 is 1.37. The zero-order valence-corrected chi connectivity index (χ0v) is 18.8. The third-order valence-corrected chi connectivity index (χ3v) is 5.82. The number of hydrogen-bond acceptors (Lipinski definition) is 7. The van der Waals surface area contributed by atoms with E-state index in [1.807, 2.05) is 4.57 Å². The molecule has 29 heavy (non-hydrogen) atoms.